The van der Waals surface area contributed by atoms with Crippen molar-refractivity contribution in [3.63, 3.8) is 0 Å². The SMILES string of the molecule is C#CC1=C(CC(C)N)C(C)C1O. The molecule has 1 aliphatic rings. The van der Waals surface area contributed by atoms with Crippen LogP contribution in [0.3, 0.4) is 0 Å². The van der Waals surface area contributed by atoms with Crippen molar-refractivity contribution in [1.82, 2.24) is 0 Å². The first kappa shape index (κ1) is 9.31. The maximum absolute atomic E-state index is 9.42. The molecule has 0 saturated carbocycles. The fourth-order valence-electron chi connectivity index (χ4n) is 1.60. The van der Waals surface area contributed by atoms with E-state index in [9.17, 15) is 5.11 Å². The molecule has 0 spiro atoms. The molecule has 0 aliphatic heterocycles. The molecule has 0 radical (unpaired) electrons. The number of rotatable bonds is 2. The molecule has 0 aromatic carbocycles. The van der Waals surface area contributed by atoms with Crippen LogP contribution in [0.4, 0.5) is 0 Å². The van der Waals surface area contributed by atoms with Crippen molar-refractivity contribution in [2.75, 3.05) is 0 Å². The summed E-state index contributed by atoms with van der Waals surface area (Å²) in [4.78, 5) is 0. The molecule has 0 saturated heterocycles. The number of hydrogen-bond donors (Lipinski definition) is 2. The summed E-state index contributed by atoms with van der Waals surface area (Å²) in [6.07, 6.45) is 5.62. The molecule has 12 heavy (non-hydrogen) atoms. The van der Waals surface area contributed by atoms with Gasteiger partial charge in [0.05, 0.1) is 6.10 Å². The molecule has 0 amide bonds. The second-order valence-corrected chi connectivity index (χ2v) is 3.50. The van der Waals surface area contributed by atoms with Crippen LogP contribution >= 0.6 is 0 Å². The predicted molar refractivity (Wildman–Crippen MR) is 49.3 cm³/mol. The van der Waals surface area contributed by atoms with Gasteiger partial charge in [-0.3, -0.25) is 0 Å². The highest BCUT2D eigenvalue weighted by Crippen LogP contribution is 2.36. The summed E-state index contributed by atoms with van der Waals surface area (Å²) in [5.41, 5.74) is 7.55. The van der Waals surface area contributed by atoms with E-state index in [2.05, 4.69) is 5.92 Å². The molecular formula is C10H15NO. The summed E-state index contributed by atoms with van der Waals surface area (Å²) in [6, 6.07) is 0.123. The standard InChI is InChI=1S/C10H15NO/c1-4-8-9(5-6(2)11)7(3)10(8)12/h1,6-7,10,12H,5,11H2,2-3H3. The summed E-state index contributed by atoms with van der Waals surface area (Å²) < 4.78 is 0. The maximum Gasteiger partial charge on any atom is 0.0930 e. The molecular weight excluding hydrogens is 150 g/mol. The molecule has 1 rings (SSSR count). The van der Waals surface area contributed by atoms with Crippen LogP contribution in [0.2, 0.25) is 0 Å². The van der Waals surface area contributed by atoms with E-state index in [4.69, 9.17) is 12.2 Å². The summed E-state index contributed by atoms with van der Waals surface area (Å²) in [7, 11) is 0. The van der Waals surface area contributed by atoms with E-state index in [1.54, 1.807) is 0 Å². The second kappa shape index (κ2) is 3.30. The molecule has 1 aliphatic carbocycles. The smallest absolute Gasteiger partial charge is 0.0930 e. The molecule has 0 heterocycles. The highest BCUT2D eigenvalue weighted by molar-refractivity contribution is 5.45. The summed E-state index contributed by atoms with van der Waals surface area (Å²) in [5.74, 6) is 2.71. The Hall–Kier alpha value is -0.780. The van der Waals surface area contributed by atoms with Crippen LogP contribution in [0.15, 0.2) is 11.1 Å². The van der Waals surface area contributed by atoms with E-state index in [1.165, 1.54) is 0 Å². The van der Waals surface area contributed by atoms with Gasteiger partial charge in [-0.1, -0.05) is 12.8 Å². The first-order valence-corrected chi connectivity index (χ1v) is 4.21. The van der Waals surface area contributed by atoms with E-state index in [0.717, 1.165) is 17.6 Å². The van der Waals surface area contributed by atoms with Crippen LogP contribution in [-0.4, -0.2) is 17.3 Å². The Morgan fingerprint density at radius 3 is 2.75 bits per heavy atom. The van der Waals surface area contributed by atoms with Crippen molar-refractivity contribution < 1.29 is 5.11 Å². The van der Waals surface area contributed by atoms with Crippen LogP contribution < -0.4 is 5.73 Å². The number of hydrogen-bond acceptors (Lipinski definition) is 2. The van der Waals surface area contributed by atoms with Gasteiger partial charge in [0.15, 0.2) is 0 Å². The fraction of sp³-hybridized carbons (Fsp3) is 0.600. The summed E-state index contributed by atoms with van der Waals surface area (Å²) >= 11 is 0. The van der Waals surface area contributed by atoms with Gasteiger partial charge in [0.1, 0.15) is 0 Å². The molecule has 0 aromatic heterocycles. The van der Waals surface area contributed by atoms with E-state index >= 15 is 0 Å². The molecule has 0 aromatic rings. The quantitative estimate of drug-likeness (QED) is 0.591. The lowest BCUT2D eigenvalue weighted by Crippen LogP contribution is -2.35. The predicted octanol–water partition coefficient (Wildman–Crippen LogP) is 0.664. The minimum Gasteiger partial charge on any atom is -0.387 e. The molecule has 66 valence electrons. The summed E-state index contributed by atoms with van der Waals surface area (Å²) in [5, 5.41) is 9.42. The van der Waals surface area contributed by atoms with Crippen molar-refractivity contribution in [2.24, 2.45) is 11.7 Å². The van der Waals surface area contributed by atoms with Gasteiger partial charge in [0, 0.05) is 17.5 Å². The fourth-order valence-corrected chi connectivity index (χ4v) is 1.60. The molecule has 2 nitrogen and oxygen atoms in total. The van der Waals surface area contributed by atoms with E-state index < -0.39 is 6.10 Å². The van der Waals surface area contributed by atoms with E-state index in [0.29, 0.717) is 0 Å². The lowest BCUT2D eigenvalue weighted by atomic mass is 9.73. The van der Waals surface area contributed by atoms with Crippen LogP contribution in [0.25, 0.3) is 0 Å². The van der Waals surface area contributed by atoms with Crippen LogP contribution in [0.5, 0.6) is 0 Å². The Labute approximate surface area is 73.5 Å². The third kappa shape index (κ3) is 1.38. The largest absolute Gasteiger partial charge is 0.387 e. The molecule has 3 atom stereocenters. The monoisotopic (exact) mass is 165 g/mol. The minimum atomic E-state index is -0.427. The molecule has 0 bridgehead atoms. The topological polar surface area (TPSA) is 46.2 Å². The van der Waals surface area contributed by atoms with Crippen molar-refractivity contribution in [2.45, 2.75) is 32.4 Å². The van der Waals surface area contributed by atoms with Gasteiger partial charge in [-0.25, -0.2) is 0 Å². The number of nitrogens with two attached hydrogens (primary N) is 1. The highest BCUT2D eigenvalue weighted by Gasteiger charge is 2.34. The van der Waals surface area contributed by atoms with Crippen molar-refractivity contribution in [3.05, 3.63) is 11.1 Å². The van der Waals surface area contributed by atoms with Gasteiger partial charge >= 0.3 is 0 Å². The average molecular weight is 165 g/mol. The molecule has 0 fully saturated rings. The molecule has 3 N–H and O–H groups in total. The maximum atomic E-state index is 9.42. The zero-order valence-electron chi connectivity index (χ0n) is 7.54. The Balaban J connectivity index is 2.75. The number of terminal acetylenes is 1. The highest BCUT2D eigenvalue weighted by atomic mass is 16.3. The Bertz CT molecular complexity index is 247. The van der Waals surface area contributed by atoms with Crippen molar-refractivity contribution in [1.29, 1.82) is 0 Å². The number of aliphatic hydroxyl groups excluding tert-OH is 1. The van der Waals surface area contributed by atoms with Gasteiger partial charge in [-0.2, -0.15) is 0 Å². The Morgan fingerprint density at radius 1 is 1.75 bits per heavy atom. The second-order valence-electron chi connectivity index (χ2n) is 3.50. The van der Waals surface area contributed by atoms with Gasteiger partial charge in [0.25, 0.3) is 0 Å². The molecule has 2 heteroatoms. The average Bonchev–Trinajstić information content (AvgIpc) is 2.03. The first-order valence-electron chi connectivity index (χ1n) is 4.21. The normalized spacial score (nSPS) is 30.9. The van der Waals surface area contributed by atoms with Crippen LogP contribution in [0.1, 0.15) is 20.3 Å². The summed E-state index contributed by atoms with van der Waals surface area (Å²) in [6.45, 7) is 3.92. The zero-order valence-corrected chi connectivity index (χ0v) is 7.54. The third-order valence-electron chi connectivity index (χ3n) is 2.36. The Kier molecular flexibility index (Phi) is 2.56. The minimum absolute atomic E-state index is 0.123. The van der Waals surface area contributed by atoms with E-state index in [1.807, 2.05) is 13.8 Å². The Morgan fingerprint density at radius 2 is 2.33 bits per heavy atom. The molecule has 3 unspecified atom stereocenters. The zero-order chi connectivity index (χ0) is 9.30. The van der Waals surface area contributed by atoms with Crippen molar-refractivity contribution >= 4 is 0 Å². The lowest BCUT2D eigenvalue weighted by molar-refractivity contribution is 0.140. The first-order chi connectivity index (χ1) is 5.57. The van der Waals surface area contributed by atoms with Gasteiger partial charge < -0.3 is 10.8 Å². The number of aliphatic hydroxyl groups is 1. The van der Waals surface area contributed by atoms with Crippen LogP contribution in [-0.2, 0) is 0 Å². The lowest BCUT2D eigenvalue weighted by Gasteiger charge is -2.35. The third-order valence-corrected chi connectivity index (χ3v) is 2.36. The van der Waals surface area contributed by atoms with E-state index in [-0.39, 0.29) is 12.0 Å². The van der Waals surface area contributed by atoms with Gasteiger partial charge in [-0.05, 0) is 18.9 Å². The van der Waals surface area contributed by atoms with Crippen LogP contribution in [0, 0.1) is 18.3 Å². The van der Waals surface area contributed by atoms with Crippen molar-refractivity contribution in [3.8, 4) is 12.3 Å². The van der Waals surface area contributed by atoms with Gasteiger partial charge in [-0.15, -0.1) is 6.42 Å². The van der Waals surface area contributed by atoms with Gasteiger partial charge in [0.2, 0.25) is 0 Å².